The minimum Gasteiger partial charge on any atom is -0.494 e. The summed E-state index contributed by atoms with van der Waals surface area (Å²) in [5.74, 6) is 0.834. The Balaban J connectivity index is 2.01. The van der Waals surface area contributed by atoms with Gasteiger partial charge in [0, 0.05) is 17.8 Å². The number of benzene rings is 2. The number of nitrogens with two attached hydrogens (primary N) is 1. The summed E-state index contributed by atoms with van der Waals surface area (Å²) in [5.41, 5.74) is 2.66. The van der Waals surface area contributed by atoms with Crippen molar-refractivity contribution >= 4 is 31.7 Å². The molecule has 0 fully saturated rings. The van der Waals surface area contributed by atoms with Gasteiger partial charge in [0.2, 0.25) is 15.9 Å². The molecule has 0 aliphatic carbocycles. The summed E-state index contributed by atoms with van der Waals surface area (Å²) in [6.07, 6.45) is 3.47. The van der Waals surface area contributed by atoms with E-state index in [4.69, 9.17) is 14.6 Å². The Bertz CT molecular complexity index is 1430. The molecule has 0 amide bonds. The van der Waals surface area contributed by atoms with Crippen LogP contribution in [0.15, 0.2) is 42.7 Å². The normalized spacial score (nSPS) is 11.9. The predicted octanol–water partition coefficient (Wildman–Crippen LogP) is 3.78. The van der Waals surface area contributed by atoms with Gasteiger partial charge in [0.15, 0.2) is 5.75 Å². The molecule has 168 valence electrons. The first-order chi connectivity index (χ1) is 15.2. The number of hydrogen-bond acceptors (Lipinski definition) is 6. The molecule has 2 aromatic heterocycles. The van der Waals surface area contributed by atoms with Crippen LogP contribution in [0.25, 0.3) is 27.4 Å². The maximum absolute atomic E-state index is 11.5. The van der Waals surface area contributed by atoms with Crippen molar-refractivity contribution in [1.29, 1.82) is 0 Å². The van der Waals surface area contributed by atoms with Crippen molar-refractivity contribution in [1.82, 2.24) is 9.55 Å². The fourth-order valence-corrected chi connectivity index (χ4v) is 4.65. The topological polar surface area (TPSA) is 117 Å². The quantitative estimate of drug-likeness (QED) is 0.438. The zero-order valence-electron chi connectivity index (χ0n) is 18.1. The predicted molar refractivity (Wildman–Crippen MR) is 124 cm³/mol. The Hall–Kier alpha value is -3.30. The number of primary sulfonamides is 1. The van der Waals surface area contributed by atoms with Crippen LogP contribution in [0.4, 0.5) is 0 Å². The monoisotopic (exact) mass is 455 g/mol. The van der Waals surface area contributed by atoms with Crippen LogP contribution in [0, 0.1) is 6.92 Å². The number of pyridine rings is 1. The van der Waals surface area contributed by atoms with Crippen molar-refractivity contribution in [2.75, 3.05) is 13.2 Å². The average molecular weight is 456 g/mol. The highest BCUT2D eigenvalue weighted by atomic mass is 32.2. The molecule has 2 heterocycles. The Kier molecular flexibility index (Phi) is 5.70. The van der Waals surface area contributed by atoms with Crippen LogP contribution >= 0.6 is 0 Å². The van der Waals surface area contributed by atoms with E-state index in [2.05, 4.69) is 4.98 Å². The Morgan fingerprint density at radius 1 is 1.09 bits per heavy atom. The van der Waals surface area contributed by atoms with Gasteiger partial charge in [-0.05, 0) is 50.1 Å². The molecule has 9 heteroatoms. The SMILES string of the molecule is CCOc1c2cccnc2c(OCC)c2c(O)n(-c3ccc(CS(N)(=O)=O)cc3C)cc12. The summed E-state index contributed by atoms with van der Waals surface area (Å²) >= 11 is 0. The average Bonchev–Trinajstić information content (AvgIpc) is 3.06. The van der Waals surface area contributed by atoms with E-state index in [-0.39, 0.29) is 11.6 Å². The van der Waals surface area contributed by atoms with Crippen LogP contribution < -0.4 is 14.6 Å². The third-order valence-electron chi connectivity index (χ3n) is 5.18. The lowest BCUT2D eigenvalue weighted by Gasteiger charge is -2.14. The smallest absolute Gasteiger partial charge is 0.213 e. The number of aryl methyl sites for hydroxylation is 1. The summed E-state index contributed by atoms with van der Waals surface area (Å²) in [5, 5.41) is 18.4. The van der Waals surface area contributed by atoms with Gasteiger partial charge in [0.1, 0.15) is 11.3 Å². The van der Waals surface area contributed by atoms with E-state index in [1.165, 1.54) is 0 Å². The first-order valence-corrected chi connectivity index (χ1v) is 12.0. The molecule has 0 saturated carbocycles. The first kappa shape index (κ1) is 21.9. The van der Waals surface area contributed by atoms with E-state index in [1.54, 1.807) is 35.2 Å². The van der Waals surface area contributed by atoms with Crippen molar-refractivity contribution in [3.05, 3.63) is 53.9 Å². The number of ether oxygens (including phenoxy) is 2. The van der Waals surface area contributed by atoms with Gasteiger partial charge in [-0.25, -0.2) is 13.6 Å². The van der Waals surface area contributed by atoms with Gasteiger partial charge >= 0.3 is 0 Å². The van der Waals surface area contributed by atoms with E-state index in [9.17, 15) is 13.5 Å². The van der Waals surface area contributed by atoms with Gasteiger partial charge in [-0.2, -0.15) is 0 Å². The fraction of sp³-hybridized carbons (Fsp3) is 0.261. The fourth-order valence-electron chi connectivity index (χ4n) is 4.00. The van der Waals surface area contributed by atoms with Gasteiger partial charge in [-0.15, -0.1) is 0 Å². The number of aromatic hydroxyl groups is 1. The largest absolute Gasteiger partial charge is 0.494 e. The van der Waals surface area contributed by atoms with E-state index >= 15 is 0 Å². The van der Waals surface area contributed by atoms with Gasteiger partial charge in [0.05, 0.1) is 35.4 Å². The second-order valence-electron chi connectivity index (χ2n) is 7.46. The van der Waals surface area contributed by atoms with Crippen molar-refractivity contribution < 1.29 is 23.0 Å². The summed E-state index contributed by atoms with van der Waals surface area (Å²) in [7, 11) is -3.64. The van der Waals surface area contributed by atoms with Crippen LogP contribution in [0.5, 0.6) is 17.4 Å². The standard InChI is InChI=1S/C23H25N3O5S/c1-4-30-21-16-7-6-10-25-20(16)22(31-5-2)19-17(21)12-26(23(19)27)18-9-8-15(11-14(18)3)13-32(24,28)29/h6-12,27H,4-5,13H2,1-3H3,(H2,24,28,29). The molecule has 0 unspecified atom stereocenters. The van der Waals surface area contributed by atoms with Crippen molar-refractivity contribution in [2.45, 2.75) is 26.5 Å². The third-order valence-corrected chi connectivity index (χ3v) is 5.92. The Labute approximate surface area is 186 Å². The van der Waals surface area contributed by atoms with Crippen LogP contribution in [-0.2, 0) is 15.8 Å². The minimum absolute atomic E-state index is 0.0146. The zero-order valence-corrected chi connectivity index (χ0v) is 18.9. The molecular weight excluding hydrogens is 430 g/mol. The number of rotatable bonds is 7. The van der Waals surface area contributed by atoms with Gasteiger partial charge in [-0.1, -0.05) is 12.1 Å². The van der Waals surface area contributed by atoms with E-state index in [0.29, 0.717) is 52.3 Å². The second-order valence-corrected chi connectivity index (χ2v) is 9.08. The van der Waals surface area contributed by atoms with Gasteiger partial charge < -0.3 is 14.6 Å². The maximum Gasteiger partial charge on any atom is 0.213 e. The number of hydrogen-bond donors (Lipinski definition) is 2. The molecule has 0 saturated heterocycles. The van der Waals surface area contributed by atoms with Crippen LogP contribution in [0.1, 0.15) is 25.0 Å². The lowest BCUT2D eigenvalue weighted by atomic mass is 10.1. The van der Waals surface area contributed by atoms with Crippen molar-refractivity contribution in [3.63, 3.8) is 0 Å². The highest BCUT2D eigenvalue weighted by molar-refractivity contribution is 7.88. The third kappa shape index (κ3) is 3.85. The number of nitrogens with zero attached hydrogens (tertiary/aromatic N) is 2. The summed E-state index contributed by atoms with van der Waals surface area (Å²) in [4.78, 5) is 4.49. The first-order valence-electron chi connectivity index (χ1n) is 10.3. The number of aromatic nitrogens is 2. The molecule has 0 atom stereocenters. The molecule has 4 aromatic rings. The lowest BCUT2D eigenvalue weighted by Crippen LogP contribution is -2.14. The molecular formula is C23H25N3O5S. The number of sulfonamides is 1. The Morgan fingerprint density at radius 3 is 2.47 bits per heavy atom. The zero-order chi connectivity index (χ0) is 23.0. The molecule has 32 heavy (non-hydrogen) atoms. The second kappa shape index (κ2) is 8.33. The van der Waals surface area contributed by atoms with E-state index in [1.807, 2.05) is 32.9 Å². The van der Waals surface area contributed by atoms with Crippen molar-refractivity contribution in [2.24, 2.45) is 5.14 Å². The molecule has 0 aliphatic heterocycles. The van der Waals surface area contributed by atoms with E-state index < -0.39 is 10.0 Å². The molecule has 0 radical (unpaired) electrons. The molecule has 3 N–H and O–H groups in total. The van der Waals surface area contributed by atoms with Crippen LogP contribution in [0.3, 0.4) is 0 Å². The van der Waals surface area contributed by atoms with Crippen LogP contribution in [0.2, 0.25) is 0 Å². The van der Waals surface area contributed by atoms with E-state index in [0.717, 1.165) is 10.9 Å². The summed E-state index contributed by atoms with van der Waals surface area (Å²) in [6, 6.07) is 8.93. The molecule has 4 rings (SSSR count). The highest BCUT2D eigenvalue weighted by Crippen LogP contribution is 2.47. The maximum atomic E-state index is 11.5. The lowest BCUT2D eigenvalue weighted by molar-refractivity contribution is 0.341. The van der Waals surface area contributed by atoms with Crippen molar-refractivity contribution in [3.8, 4) is 23.1 Å². The molecule has 0 aliphatic rings. The Morgan fingerprint density at radius 2 is 1.81 bits per heavy atom. The summed E-state index contributed by atoms with van der Waals surface area (Å²) in [6.45, 7) is 6.47. The minimum atomic E-state index is -3.64. The number of fused-ring (bicyclic) bond motifs is 2. The van der Waals surface area contributed by atoms with Gasteiger partial charge in [0.25, 0.3) is 0 Å². The molecule has 0 spiro atoms. The highest BCUT2D eigenvalue weighted by Gasteiger charge is 2.24. The molecule has 0 bridgehead atoms. The molecule has 2 aromatic carbocycles. The molecule has 8 nitrogen and oxygen atoms in total. The van der Waals surface area contributed by atoms with Crippen LogP contribution in [-0.4, -0.2) is 36.3 Å². The summed E-state index contributed by atoms with van der Waals surface area (Å²) < 4.78 is 36.4. The van der Waals surface area contributed by atoms with Gasteiger partial charge in [-0.3, -0.25) is 9.55 Å².